The minimum absolute atomic E-state index is 0.361. The molecule has 19 heavy (non-hydrogen) atoms. The van der Waals surface area contributed by atoms with E-state index >= 15 is 0 Å². The molecule has 1 aromatic rings. The highest BCUT2D eigenvalue weighted by atomic mass is 79.9. The van der Waals surface area contributed by atoms with Gasteiger partial charge >= 0.3 is 0 Å². The van der Waals surface area contributed by atoms with Crippen molar-refractivity contribution in [3.8, 4) is 5.75 Å². The molecule has 0 unspecified atom stereocenters. The minimum atomic E-state index is 0.361. The Balaban J connectivity index is 2.22. The number of phenolic OH excluding ortho intramolecular Hbond substituents is 1. The Labute approximate surface area is 123 Å². The van der Waals surface area contributed by atoms with Crippen LogP contribution in [0.3, 0.4) is 0 Å². The highest BCUT2D eigenvalue weighted by Gasteiger charge is 2.19. The lowest BCUT2D eigenvalue weighted by Crippen LogP contribution is -2.22. The first-order chi connectivity index (χ1) is 9.13. The first-order valence-corrected chi connectivity index (χ1v) is 7.70. The van der Waals surface area contributed by atoms with Crippen molar-refractivity contribution in [3.05, 3.63) is 27.7 Å². The van der Waals surface area contributed by atoms with Crippen molar-refractivity contribution >= 4 is 22.1 Å². The van der Waals surface area contributed by atoms with Gasteiger partial charge in [0.2, 0.25) is 0 Å². The molecule has 1 fully saturated rings. The molecular weight excluding hydrogens is 304 g/mol. The Morgan fingerprint density at radius 1 is 1.37 bits per heavy atom. The molecular formula is C15H21BrN2O. The molecule has 0 spiro atoms. The molecule has 0 atom stereocenters. The van der Waals surface area contributed by atoms with Crippen LogP contribution in [0.15, 0.2) is 21.6 Å². The van der Waals surface area contributed by atoms with Crippen molar-refractivity contribution in [1.29, 1.82) is 0 Å². The zero-order chi connectivity index (χ0) is 13.8. The first kappa shape index (κ1) is 14.5. The smallest absolute Gasteiger partial charge is 0.128 e. The van der Waals surface area contributed by atoms with E-state index in [2.05, 4.69) is 39.7 Å². The number of hydrogen-bond donors (Lipinski definition) is 1. The van der Waals surface area contributed by atoms with E-state index in [9.17, 15) is 5.11 Å². The highest BCUT2D eigenvalue weighted by molar-refractivity contribution is 9.10. The van der Waals surface area contributed by atoms with Gasteiger partial charge in [0.05, 0.1) is 6.04 Å². The summed E-state index contributed by atoms with van der Waals surface area (Å²) in [6.07, 6.45) is 4.17. The summed E-state index contributed by atoms with van der Waals surface area (Å²) in [7, 11) is 0. The molecule has 1 N–H and O–H groups in total. The van der Waals surface area contributed by atoms with Crippen molar-refractivity contribution in [3.63, 3.8) is 0 Å². The molecule has 0 saturated heterocycles. The molecule has 0 aromatic heterocycles. The van der Waals surface area contributed by atoms with Gasteiger partial charge in [-0.1, -0.05) is 29.8 Å². The highest BCUT2D eigenvalue weighted by Crippen LogP contribution is 2.29. The molecule has 4 heteroatoms. The Bertz CT molecular complexity index is 465. The lowest BCUT2D eigenvalue weighted by molar-refractivity contribution is 0.290. The van der Waals surface area contributed by atoms with Gasteiger partial charge in [0.25, 0.3) is 0 Å². The van der Waals surface area contributed by atoms with Crippen LogP contribution in [-0.4, -0.2) is 35.4 Å². The largest absolute Gasteiger partial charge is 0.507 e. The molecule has 0 heterocycles. The van der Waals surface area contributed by atoms with Gasteiger partial charge < -0.3 is 5.11 Å². The third-order valence-electron chi connectivity index (χ3n) is 3.44. The molecule has 0 aliphatic heterocycles. The molecule has 1 aliphatic carbocycles. The van der Waals surface area contributed by atoms with E-state index in [1.807, 2.05) is 18.3 Å². The van der Waals surface area contributed by atoms with Crippen LogP contribution >= 0.6 is 15.9 Å². The summed E-state index contributed by atoms with van der Waals surface area (Å²) in [6.45, 7) is 6.99. The van der Waals surface area contributed by atoms with Gasteiger partial charge in [-0.25, -0.2) is 0 Å². The second kappa shape index (κ2) is 6.53. The van der Waals surface area contributed by atoms with E-state index < -0.39 is 0 Å². The standard InChI is InChI=1S/C15H21BrN2O/c1-3-18(4-2)10-12-8-13(16)7-11(15(12)19)9-17-14-5-6-14/h7-9,14,19H,3-6,10H2,1-2H3. The molecule has 3 nitrogen and oxygen atoms in total. The fraction of sp³-hybridized carbons (Fsp3) is 0.533. The third-order valence-corrected chi connectivity index (χ3v) is 3.90. The van der Waals surface area contributed by atoms with Gasteiger partial charge in [-0.3, -0.25) is 9.89 Å². The molecule has 2 rings (SSSR count). The Morgan fingerprint density at radius 2 is 2.05 bits per heavy atom. The van der Waals surface area contributed by atoms with Crippen molar-refractivity contribution in [2.24, 2.45) is 4.99 Å². The molecule has 1 aliphatic rings. The molecule has 0 amide bonds. The lowest BCUT2D eigenvalue weighted by Gasteiger charge is -2.19. The van der Waals surface area contributed by atoms with Crippen LogP contribution < -0.4 is 0 Å². The van der Waals surface area contributed by atoms with Crippen LogP contribution in [-0.2, 0) is 6.54 Å². The zero-order valence-corrected chi connectivity index (χ0v) is 13.2. The second-order valence-electron chi connectivity index (χ2n) is 4.97. The topological polar surface area (TPSA) is 35.8 Å². The summed E-state index contributed by atoms with van der Waals surface area (Å²) in [5, 5.41) is 10.3. The molecule has 104 valence electrons. The summed E-state index contributed by atoms with van der Waals surface area (Å²) in [4.78, 5) is 6.73. The maximum Gasteiger partial charge on any atom is 0.128 e. The third kappa shape index (κ3) is 4.05. The predicted molar refractivity (Wildman–Crippen MR) is 83.0 cm³/mol. The average Bonchev–Trinajstić information content (AvgIpc) is 3.21. The molecule has 1 aromatic carbocycles. The van der Waals surface area contributed by atoms with Crippen molar-refractivity contribution in [2.75, 3.05) is 13.1 Å². The Hall–Kier alpha value is -0.870. The van der Waals surface area contributed by atoms with Crippen LogP contribution in [0.25, 0.3) is 0 Å². The number of benzene rings is 1. The SMILES string of the molecule is CCN(CC)Cc1cc(Br)cc(C=NC2CC2)c1O. The maximum atomic E-state index is 10.3. The summed E-state index contributed by atoms with van der Waals surface area (Å²) < 4.78 is 0.990. The van der Waals surface area contributed by atoms with E-state index in [-0.39, 0.29) is 0 Å². The second-order valence-corrected chi connectivity index (χ2v) is 5.89. The summed E-state index contributed by atoms with van der Waals surface area (Å²) in [6, 6.07) is 4.39. The zero-order valence-electron chi connectivity index (χ0n) is 11.6. The lowest BCUT2D eigenvalue weighted by atomic mass is 10.1. The number of aliphatic imine (C=N–C) groups is 1. The van der Waals surface area contributed by atoms with Crippen LogP contribution in [0.4, 0.5) is 0 Å². The van der Waals surface area contributed by atoms with E-state index in [4.69, 9.17) is 0 Å². The minimum Gasteiger partial charge on any atom is -0.507 e. The van der Waals surface area contributed by atoms with Crippen LogP contribution in [0.5, 0.6) is 5.75 Å². The Morgan fingerprint density at radius 3 is 2.63 bits per heavy atom. The monoisotopic (exact) mass is 324 g/mol. The van der Waals surface area contributed by atoms with Gasteiger partial charge in [0.15, 0.2) is 0 Å². The summed E-state index contributed by atoms with van der Waals surface area (Å²) in [5.41, 5.74) is 1.76. The predicted octanol–water partition coefficient (Wildman–Crippen LogP) is 3.58. The Kier molecular flexibility index (Phi) is 4.99. The van der Waals surface area contributed by atoms with Crippen molar-refractivity contribution in [2.45, 2.75) is 39.3 Å². The van der Waals surface area contributed by atoms with E-state index in [0.29, 0.717) is 11.8 Å². The quantitative estimate of drug-likeness (QED) is 0.812. The number of nitrogens with zero attached hydrogens (tertiary/aromatic N) is 2. The van der Waals surface area contributed by atoms with Gasteiger partial charge in [0.1, 0.15) is 5.75 Å². The van der Waals surface area contributed by atoms with E-state index in [0.717, 1.165) is 35.2 Å². The normalized spacial score (nSPS) is 15.6. The van der Waals surface area contributed by atoms with Crippen LogP contribution in [0.1, 0.15) is 37.8 Å². The number of hydrogen-bond acceptors (Lipinski definition) is 3. The number of rotatable bonds is 6. The first-order valence-electron chi connectivity index (χ1n) is 6.91. The molecule has 1 saturated carbocycles. The van der Waals surface area contributed by atoms with Gasteiger partial charge in [-0.05, 0) is 38.1 Å². The van der Waals surface area contributed by atoms with E-state index in [1.165, 1.54) is 12.8 Å². The van der Waals surface area contributed by atoms with E-state index in [1.54, 1.807) is 0 Å². The van der Waals surface area contributed by atoms with Crippen LogP contribution in [0.2, 0.25) is 0 Å². The van der Waals surface area contributed by atoms with Gasteiger partial charge in [0, 0.05) is 28.4 Å². The fourth-order valence-electron chi connectivity index (χ4n) is 2.00. The summed E-state index contributed by atoms with van der Waals surface area (Å²) >= 11 is 3.51. The van der Waals surface area contributed by atoms with Crippen molar-refractivity contribution in [1.82, 2.24) is 4.90 Å². The molecule has 0 radical (unpaired) electrons. The van der Waals surface area contributed by atoms with Gasteiger partial charge in [-0.15, -0.1) is 0 Å². The maximum absolute atomic E-state index is 10.3. The molecule has 0 bridgehead atoms. The number of halogens is 1. The average molecular weight is 325 g/mol. The van der Waals surface area contributed by atoms with Crippen molar-refractivity contribution < 1.29 is 5.11 Å². The summed E-state index contributed by atoms with van der Waals surface area (Å²) in [5.74, 6) is 0.361. The number of phenols is 1. The van der Waals surface area contributed by atoms with Gasteiger partial charge in [-0.2, -0.15) is 0 Å². The van der Waals surface area contributed by atoms with Crippen LogP contribution in [0, 0.1) is 0 Å². The number of aromatic hydroxyl groups is 1. The fourth-order valence-corrected chi connectivity index (χ4v) is 2.52.